The lowest BCUT2D eigenvalue weighted by molar-refractivity contribution is 0.468. The Morgan fingerprint density at radius 1 is 1.38 bits per heavy atom. The van der Waals surface area contributed by atoms with Gasteiger partial charge >= 0.3 is 0 Å². The fourth-order valence-corrected chi connectivity index (χ4v) is 3.98. The average molecular weight is 243 g/mol. The predicted molar refractivity (Wildman–Crippen MR) is 66.5 cm³/mol. The number of sulfonamides is 1. The first kappa shape index (κ1) is 13.5. The molecule has 92 valence electrons. The third kappa shape index (κ3) is 3.80. The minimum atomic E-state index is -3.16. The molecular formula is C12H21NO2S. The highest BCUT2D eigenvalue weighted by atomic mass is 32.2. The van der Waals surface area contributed by atoms with E-state index in [4.69, 9.17) is 6.42 Å². The maximum absolute atomic E-state index is 12.1. The molecule has 0 saturated heterocycles. The molecule has 0 aromatic carbocycles. The molecule has 0 aromatic rings. The first-order valence-corrected chi connectivity index (χ1v) is 7.59. The maximum atomic E-state index is 12.1. The Hall–Kier alpha value is -0.530. The van der Waals surface area contributed by atoms with Crippen molar-refractivity contribution in [2.45, 2.75) is 63.2 Å². The van der Waals surface area contributed by atoms with Crippen LogP contribution in [-0.2, 0) is 10.0 Å². The number of terminal acetylenes is 1. The Morgan fingerprint density at radius 2 is 2.00 bits per heavy atom. The van der Waals surface area contributed by atoms with E-state index >= 15 is 0 Å². The summed E-state index contributed by atoms with van der Waals surface area (Å²) in [5, 5.41) is -0.201. The van der Waals surface area contributed by atoms with Gasteiger partial charge in [0, 0.05) is 12.5 Å². The van der Waals surface area contributed by atoms with Crippen molar-refractivity contribution in [3.05, 3.63) is 0 Å². The molecule has 0 bridgehead atoms. The van der Waals surface area contributed by atoms with Crippen molar-refractivity contribution in [2.24, 2.45) is 0 Å². The normalized spacial score (nSPS) is 20.2. The third-order valence-corrected chi connectivity index (χ3v) is 5.19. The lowest BCUT2D eigenvalue weighted by atomic mass is 10.0. The Labute approximate surface area is 99.1 Å². The van der Waals surface area contributed by atoms with Gasteiger partial charge in [0.2, 0.25) is 10.0 Å². The van der Waals surface area contributed by atoms with Crippen molar-refractivity contribution < 1.29 is 8.42 Å². The summed E-state index contributed by atoms with van der Waals surface area (Å²) in [6, 6.07) is -0.100. The van der Waals surface area contributed by atoms with Crippen LogP contribution < -0.4 is 4.72 Å². The number of rotatable bonds is 5. The summed E-state index contributed by atoms with van der Waals surface area (Å²) in [6.07, 6.45) is 11.2. The molecule has 1 fully saturated rings. The van der Waals surface area contributed by atoms with Gasteiger partial charge in [-0.2, -0.15) is 0 Å². The molecule has 1 N–H and O–H groups in total. The zero-order valence-corrected chi connectivity index (χ0v) is 10.7. The lowest BCUT2D eigenvalue weighted by Gasteiger charge is -2.24. The van der Waals surface area contributed by atoms with Gasteiger partial charge in [-0.15, -0.1) is 12.3 Å². The lowest BCUT2D eigenvalue weighted by Crippen LogP contribution is -2.41. The predicted octanol–water partition coefficient (Wildman–Crippen LogP) is 2.04. The molecule has 0 radical (unpaired) electrons. The van der Waals surface area contributed by atoms with Crippen molar-refractivity contribution >= 4 is 10.0 Å². The highest BCUT2D eigenvalue weighted by Crippen LogP contribution is 2.23. The summed E-state index contributed by atoms with van der Waals surface area (Å²) in [7, 11) is -3.16. The fourth-order valence-electron chi connectivity index (χ4n) is 2.12. The number of nitrogens with one attached hydrogen (secondary N) is 1. The molecule has 0 heterocycles. The van der Waals surface area contributed by atoms with Crippen LogP contribution in [0.5, 0.6) is 0 Å². The molecule has 4 heteroatoms. The first-order chi connectivity index (χ1) is 7.60. The molecule has 0 aliphatic heterocycles. The average Bonchev–Trinajstić information content (AvgIpc) is 2.29. The second-order valence-corrected chi connectivity index (χ2v) is 6.43. The van der Waals surface area contributed by atoms with E-state index in [1.165, 1.54) is 0 Å². The summed E-state index contributed by atoms with van der Waals surface area (Å²) < 4.78 is 26.8. The Morgan fingerprint density at radius 3 is 2.50 bits per heavy atom. The third-order valence-electron chi connectivity index (χ3n) is 3.18. The van der Waals surface area contributed by atoms with Gasteiger partial charge in [-0.1, -0.05) is 26.2 Å². The summed E-state index contributed by atoms with van der Waals surface area (Å²) in [5.41, 5.74) is 0. The minimum Gasteiger partial charge on any atom is -0.212 e. The van der Waals surface area contributed by atoms with E-state index in [-0.39, 0.29) is 11.3 Å². The van der Waals surface area contributed by atoms with Gasteiger partial charge < -0.3 is 0 Å². The molecule has 1 aliphatic rings. The number of hydrogen-bond donors (Lipinski definition) is 1. The van der Waals surface area contributed by atoms with Crippen molar-refractivity contribution in [1.82, 2.24) is 4.72 Å². The zero-order chi connectivity index (χ0) is 12.0. The minimum absolute atomic E-state index is 0.100. The van der Waals surface area contributed by atoms with E-state index in [9.17, 15) is 8.42 Å². The standard InChI is InChI=1S/C12H21NO2S/c1-3-8-11(4-2)13-16(14,15)12-9-6-5-7-10-12/h1,11-13H,4-10H2,2H3. The summed E-state index contributed by atoms with van der Waals surface area (Å²) in [5.74, 6) is 2.52. The molecular weight excluding hydrogens is 222 g/mol. The second kappa shape index (κ2) is 6.27. The van der Waals surface area contributed by atoms with E-state index in [0.717, 1.165) is 38.5 Å². The van der Waals surface area contributed by atoms with Crippen LogP contribution in [0.15, 0.2) is 0 Å². The molecule has 1 aliphatic carbocycles. The molecule has 0 amide bonds. The molecule has 1 rings (SSSR count). The smallest absolute Gasteiger partial charge is 0.212 e. The van der Waals surface area contributed by atoms with Crippen LogP contribution in [0.4, 0.5) is 0 Å². The summed E-state index contributed by atoms with van der Waals surface area (Å²) >= 11 is 0. The van der Waals surface area contributed by atoms with Crippen LogP contribution in [-0.4, -0.2) is 19.7 Å². The Kier molecular flexibility index (Phi) is 5.30. The van der Waals surface area contributed by atoms with Crippen molar-refractivity contribution in [1.29, 1.82) is 0 Å². The highest BCUT2D eigenvalue weighted by Gasteiger charge is 2.28. The van der Waals surface area contributed by atoms with Crippen LogP contribution in [0.25, 0.3) is 0 Å². The van der Waals surface area contributed by atoms with E-state index in [1.54, 1.807) is 0 Å². The molecule has 1 unspecified atom stereocenters. The largest absolute Gasteiger partial charge is 0.214 e. The first-order valence-electron chi connectivity index (χ1n) is 6.04. The molecule has 3 nitrogen and oxygen atoms in total. The summed E-state index contributed by atoms with van der Waals surface area (Å²) in [4.78, 5) is 0. The van der Waals surface area contributed by atoms with Crippen molar-refractivity contribution in [3.63, 3.8) is 0 Å². The Balaban J connectivity index is 2.59. The molecule has 16 heavy (non-hydrogen) atoms. The van der Waals surface area contributed by atoms with Crippen LogP contribution in [0.2, 0.25) is 0 Å². The van der Waals surface area contributed by atoms with Crippen molar-refractivity contribution in [3.8, 4) is 12.3 Å². The molecule has 1 atom stereocenters. The second-order valence-electron chi connectivity index (χ2n) is 4.44. The van der Waals surface area contributed by atoms with Gasteiger partial charge in [0.25, 0.3) is 0 Å². The Bertz CT molecular complexity index is 337. The van der Waals surface area contributed by atoms with Crippen molar-refractivity contribution in [2.75, 3.05) is 0 Å². The SMILES string of the molecule is C#CCC(CC)NS(=O)(=O)C1CCCCC1. The van der Waals surface area contributed by atoms with Crippen LogP contribution in [0, 0.1) is 12.3 Å². The van der Waals surface area contributed by atoms with E-state index in [2.05, 4.69) is 10.6 Å². The quantitative estimate of drug-likeness (QED) is 0.751. The van der Waals surface area contributed by atoms with E-state index < -0.39 is 10.0 Å². The zero-order valence-electron chi connectivity index (χ0n) is 9.91. The van der Waals surface area contributed by atoms with Gasteiger partial charge in [-0.05, 0) is 19.3 Å². The van der Waals surface area contributed by atoms with Crippen LogP contribution in [0.1, 0.15) is 51.9 Å². The summed E-state index contributed by atoms with van der Waals surface area (Å²) in [6.45, 7) is 1.95. The van der Waals surface area contributed by atoms with Gasteiger partial charge in [0.1, 0.15) is 0 Å². The highest BCUT2D eigenvalue weighted by molar-refractivity contribution is 7.90. The molecule has 0 spiro atoms. The maximum Gasteiger partial charge on any atom is 0.214 e. The monoisotopic (exact) mass is 243 g/mol. The topological polar surface area (TPSA) is 46.2 Å². The van der Waals surface area contributed by atoms with E-state index in [0.29, 0.717) is 6.42 Å². The van der Waals surface area contributed by atoms with Gasteiger partial charge in [0.15, 0.2) is 0 Å². The fraction of sp³-hybridized carbons (Fsp3) is 0.833. The van der Waals surface area contributed by atoms with Crippen LogP contribution >= 0.6 is 0 Å². The van der Waals surface area contributed by atoms with Crippen LogP contribution in [0.3, 0.4) is 0 Å². The number of hydrogen-bond acceptors (Lipinski definition) is 2. The van der Waals surface area contributed by atoms with Gasteiger partial charge in [-0.25, -0.2) is 13.1 Å². The molecule has 0 aromatic heterocycles. The van der Waals surface area contributed by atoms with Gasteiger partial charge in [-0.3, -0.25) is 0 Å². The molecule has 1 saturated carbocycles. The van der Waals surface area contributed by atoms with Gasteiger partial charge in [0.05, 0.1) is 5.25 Å². The van der Waals surface area contributed by atoms with E-state index in [1.807, 2.05) is 6.92 Å².